The highest BCUT2D eigenvalue weighted by Crippen LogP contribution is 2.24. The Bertz CT molecular complexity index is 593. The monoisotopic (exact) mass is 400 g/mol. The van der Waals surface area contributed by atoms with E-state index in [4.69, 9.17) is 4.99 Å². The molecule has 27 heavy (non-hydrogen) atoms. The fourth-order valence-corrected chi connectivity index (χ4v) is 5.72. The van der Waals surface area contributed by atoms with Gasteiger partial charge in [-0.05, 0) is 58.4 Å². The second kappa shape index (κ2) is 9.59. The van der Waals surface area contributed by atoms with Crippen LogP contribution in [0.4, 0.5) is 0 Å². The van der Waals surface area contributed by atoms with Gasteiger partial charge in [-0.25, -0.2) is 8.42 Å². The van der Waals surface area contributed by atoms with Crippen LogP contribution in [0.15, 0.2) is 4.99 Å². The molecule has 0 aliphatic carbocycles. The Kier molecular flexibility index (Phi) is 7.98. The molecule has 0 radical (unpaired) electrons. The number of rotatable bonds is 6. The number of hydrogen-bond acceptors (Lipinski definition) is 4. The molecule has 0 aromatic carbocycles. The van der Waals surface area contributed by atoms with E-state index in [1.165, 1.54) is 25.9 Å². The number of hydrogen-bond donors (Lipinski definition) is 1. The number of aliphatic imine (C=N–C) groups is 1. The number of nitrogens with zero attached hydrogens (tertiary/aromatic N) is 3. The van der Waals surface area contributed by atoms with Gasteiger partial charge in [-0.3, -0.25) is 4.99 Å². The lowest BCUT2D eigenvalue weighted by Gasteiger charge is -2.39. The summed E-state index contributed by atoms with van der Waals surface area (Å²) >= 11 is 0. The predicted molar refractivity (Wildman–Crippen MR) is 114 cm³/mol. The smallest absolute Gasteiger partial charge is 0.193 e. The first-order valence-corrected chi connectivity index (χ1v) is 12.3. The Hall–Kier alpha value is -0.820. The molecule has 2 atom stereocenters. The standard InChI is InChI=1S/C20H40N4O2S/c1-6-21-19(24-11-12-27(25,26)20(4,5)16-24)22-9-7-8-10-23-14-17(2)13-18(3)15-23/h17-18H,6-16H2,1-5H3,(H,21,22). The first-order chi connectivity index (χ1) is 12.6. The Balaban J connectivity index is 1.82. The van der Waals surface area contributed by atoms with E-state index in [2.05, 4.69) is 35.9 Å². The zero-order valence-corrected chi connectivity index (χ0v) is 18.8. The maximum Gasteiger partial charge on any atom is 0.193 e. The van der Waals surface area contributed by atoms with Crippen LogP contribution in [-0.4, -0.2) is 80.5 Å². The van der Waals surface area contributed by atoms with Crippen molar-refractivity contribution in [3.05, 3.63) is 0 Å². The van der Waals surface area contributed by atoms with Crippen molar-refractivity contribution in [3.8, 4) is 0 Å². The summed E-state index contributed by atoms with van der Waals surface area (Å²) in [6.45, 7) is 16.7. The summed E-state index contributed by atoms with van der Waals surface area (Å²) in [5.74, 6) is 2.69. The van der Waals surface area contributed by atoms with Gasteiger partial charge in [-0.2, -0.15) is 0 Å². The Morgan fingerprint density at radius 3 is 2.44 bits per heavy atom. The van der Waals surface area contributed by atoms with Crippen LogP contribution in [-0.2, 0) is 9.84 Å². The SMILES string of the molecule is CCNC(=NCCCCN1CC(C)CC(C)C1)N1CCS(=O)(=O)C(C)(C)C1. The summed E-state index contributed by atoms with van der Waals surface area (Å²) < 4.78 is 23.7. The molecule has 2 fully saturated rings. The van der Waals surface area contributed by atoms with Gasteiger partial charge < -0.3 is 15.1 Å². The third-order valence-corrected chi connectivity index (χ3v) is 8.30. The largest absolute Gasteiger partial charge is 0.357 e. The number of piperidine rings is 1. The first kappa shape index (κ1) is 22.5. The molecule has 2 heterocycles. The van der Waals surface area contributed by atoms with Crippen LogP contribution in [0.5, 0.6) is 0 Å². The van der Waals surface area contributed by atoms with Gasteiger partial charge in [0.1, 0.15) is 0 Å². The molecule has 2 unspecified atom stereocenters. The van der Waals surface area contributed by atoms with Crippen LogP contribution in [0.3, 0.4) is 0 Å². The molecule has 0 aromatic rings. The number of guanidine groups is 1. The summed E-state index contributed by atoms with van der Waals surface area (Å²) in [5, 5.41) is 3.34. The molecule has 2 aliphatic heterocycles. The van der Waals surface area contributed by atoms with Crippen molar-refractivity contribution in [1.82, 2.24) is 15.1 Å². The van der Waals surface area contributed by atoms with E-state index < -0.39 is 14.6 Å². The van der Waals surface area contributed by atoms with E-state index in [0.29, 0.717) is 13.1 Å². The average molecular weight is 401 g/mol. The van der Waals surface area contributed by atoms with Crippen LogP contribution in [0.2, 0.25) is 0 Å². The molecule has 0 amide bonds. The maximum absolute atomic E-state index is 12.2. The molecule has 2 saturated heterocycles. The lowest BCUT2D eigenvalue weighted by molar-refractivity contribution is 0.139. The normalized spacial score (nSPS) is 28.9. The quantitative estimate of drug-likeness (QED) is 0.421. The molecule has 1 N–H and O–H groups in total. The second-order valence-electron chi connectivity index (χ2n) is 9.15. The molecule has 7 heteroatoms. The topological polar surface area (TPSA) is 65.0 Å². The fourth-order valence-electron chi connectivity index (χ4n) is 4.36. The van der Waals surface area contributed by atoms with E-state index in [0.717, 1.165) is 43.9 Å². The zero-order chi connectivity index (χ0) is 20.1. The van der Waals surface area contributed by atoms with Gasteiger partial charge in [0.2, 0.25) is 0 Å². The summed E-state index contributed by atoms with van der Waals surface area (Å²) in [6, 6.07) is 0. The minimum absolute atomic E-state index is 0.204. The minimum atomic E-state index is -3.02. The Morgan fingerprint density at radius 2 is 1.85 bits per heavy atom. The molecular weight excluding hydrogens is 360 g/mol. The van der Waals surface area contributed by atoms with Crippen LogP contribution < -0.4 is 5.32 Å². The van der Waals surface area contributed by atoms with E-state index in [9.17, 15) is 8.42 Å². The van der Waals surface area contributed by atoms with Crippen molar-refractivity contribution >= 4 is 15.8 Å². The zero-order valence-electron chi connectivity index (χ0n) is 18.0. The van der Waals surface area contributed by atoms with Crippen molar-refractivity contribution in [2.45, 2.75) is 58.6 Å². The minimum Gasteiger partial charge on any atom is -0.357 e. The maximum atomic E-state index is 12.2. The lowest BCUT2D eigenvalue weighted by Crippen LogP contribution is -2.57. The molecule has 0 bridgehead atoms. The molecule has 0 aromatic heterocycles. The molecule has 0 spiro atoms. The highest BCUT2D eigenvalue weighted by Gasteiger charge is 2.40. The van der Waals surface area contributed by atoms with Crippen LogP contribution >= 0.6 is 0 Å². The average Bonchev–Trinajstić information content (AvgIpc) is 2.55. The number of likely N-dealkylation sites (tertiary alicyclic amines) is 1. The third kappa shape index (κ3) is 6.34. The number of nitrogens with one attached hydrogen (secondary N) is 1. The van der Waals surface area contributed by atoms with Gasteiger partial charge in [-0.1, -0.05) is 13.8 Å². The van der Waals surface area contributed by atoms with E-state index in [-0.39, 0.29) is 5.75 Å². The van der Waals surface area contributed by atoms with Crippen molar-refractivity contribution in [2.24, 2.45) is 16.8 Å². The Labute approximate surface area is 166 Å². The molecule has 158 valence electrons. The molecular formula is C20H40N4O2S. The van der Waals surface area contributed by atoms with Crippen molar-refractivity contribution in [2.75, 3.05) is 51.6 Å². The lowest BCUT2D eigenvalue weighted by atomic mass is 9.92. The van der Waals surface area contributed by atoms with Gasteiger partial charge in [0.25, 0.3) is 0 Å². The van der Waals surface area contributed by atoms with E-state index >= 15 is 0 Å². The van der Waals surface area contributed by atoms with Crippen LogP contribution in [0, 0.1) is 11.8 Å². The summed E-state index contributed by atoms with van der Waals surface area (Å²) in [5.41, 5.74) is 0. The predicted octanol–water partition coefficient (Wildman–Crippen LogP) is 2.22. The van der Waals surface area contributed by atoms with E-state index in [1.54, 1.807) is 0 Å². The first-order valence-electron chi connectivity index (χ1n) is 10.6. The van der Waals surface area contributed by atoms with Gasteiger partial charge >= 0.3 is 0 Å². The Morgan fingerprint density at radius 1 is 1.19 bits per heavy atom. The summed E-state index contributed by atoms with van der Waals surface area (Å²) in [6.07, 6.45) is 3.60. The number of sulfone groups is 1. The highest BCUT2D eigenvalue weighted by atomic mass is 32.2. The summed E-state index contributed by atoms with van der Waals surface area (Å²) in [7, 11) is -3.02. The van der Waals surface area contributed by atoms with Gasteiger partial charge in [0, 0.05) is 39.3 Å². The third-order valence-electron chi connectivity index (χ3n) is 5.77. The van der Waals surface area contributed by atoms with E-state index in [1.807, 2.05) is 13.8 Å². The van der Waals surface area contributed by atoms with Crippen molar-refractivity contribution in [3.63, 3.8) is 0 Å². The fraction of sp³-hybridized carbons (Fsp3) is 0.950. The number of unbranched alkanes of at least 4 members (excludes halogenated alkanes) is 1. The molecule has 2 aliphatic rings. The van der Waals surface area contributed by atoms with Crippen molar-refractivity contribution in [1.29, 1.82) is 0 Å². The van der Waals surface area contributed by atoms with Crippen LogP contribution in [0.25, 0.3) is 0 Å². The highest BCUT2D eigenvalue weighted by molar-refractivity contribution is 7.92. The molecule has 6 nitrogen and oxygen atoms in total. The van der Waals surface area contributed by atoms with Crippen molar-refractivity contribution < 1.29 is 8.42 Å². The molecule has 2 rings (SSSR count). The van der Waals surface area contributed by atoms with Gasteiger partial charge in [0.15, 0.2) is 15.8 Å². The van der Waals surface area contributed by atoms with Gasteiger partial charge in [0.05, 0.1) is 10.5 Å². The van der Waals surface area contributed by atoms with Gasteiger partial charge in [-0.15, -0.1) is 0 Å². The molecule has 0 saturated carbocycles. The second-order valence-corrected chi connectivity index (χ2v) is 11.9. The summed E-state index contributed by atoms with van der Waals surface area (Å²) in [4.78, 5) is 9.49. The van der Waals surface area contributed by atoms with Crippen LogP contribution in [0.1, 0.15) is 53.9 Å².